The first-order valence-corrected chi connectivity index (χ1v) is 10.3. The summed E-state index contributed by atoms with van der Waals surface area (Å²) >= 11 is 0. The molecule has 0 unspecified atom stereocenters. The second-order valence-electron chi connectivity index (χ2n) is 7.44. The summed E-state index contributed by atoms with van der Waals surface area (Å²) < 4.78 is 0. The van der Waals surface area contributed by atoms with E-state index in [1.807, 2.05) is 0 Å². The molecule has 0 bridgehead atoms. The van der Waals surface area contributed by atoms with Gasteiger partial charge in [0, 0.05) is 38.8 Å². The molecule has 0 aliphatic carbocycles. The summed E-state index contributed by atoms with van der Waals surface area (Å²) in [6.07, 6.45) is 11.1. The normalized spacial score (nSPS) is 16.8. The Hall–Kier alpha value is -0.860. The molecule has 0 atom stereocenters. The first-order chi connectivity index (χ1) is 11.8. The highest BCUT2D eigenvalue weighted by Crippen LogP contribution is 2.19. The van der Waals surface area contributed by atoms with Crippen molar-refractivity contribution in [3.05, 3.63) is 35.9 Å². The van der Waals surface area contributed by atoms with Crippen molar-refractivity contribution in [1.29, 1.82) is 0 Å². The zero-order valence-corrected chi connectivity index (χ0v) is 16.1. The summed E-state index contributed by atoms with van der Waals surface area (Å²) in [6, 6.07) is 11.8. The van der Waals surface area contributed by atoms with Crippen LogP contribution in [0.25, 0.3) is 0 Å². The number of unbranched alkanes of at least 4 members (excludes halogenated alkanes) is 4. The van der Waals surface area contributed by atoms with Crippen molar-refractivity contribution >= 4 is 0 Å². The molecular weight excluding hydrogens is 292 g/mol. The Morgan fingerprint density at radius 3 is 1.92 bits per heavy atom. The van der Waals surface area contributed by atoms with Gasteiger partial charge in [-0.3, -0.25) is 9.80 Å². The van der Waals surface area contributed by atoms with Gasteiger partial charge in [-0.25, -0.2) is 0 Å². The molecular formula is C22H38N2. The molecule has 2 heteroatoms. The van der Waals surface area contributed by atoms with Gasteiger partial charge in [0.1, 0.15) is 0 Å². The van der Waals surface area contributed by atoms with Crippen LogP contribution >= 0.6 is 0 Å². The van der Waals surface area contributed by atoms with Crippen molar-refractivity contribution in [3.8, 4) is 0 Å². The van der Waals surface area contributed by atoms with Gasteiger partial charge in [0.25, 0.3) is 0 Å². The molecule has 0 N–H and O–H groups in total. The Morgan fingerprint density at radius 1 is 0.792 bits per heavy atom. The van der Waals surface area contributed by atoms with Crippen molar-refractivity contribution in [2.45, 2.75) is 77.8 Å². The van der Waals surface area contributed by atoms with Crippen LogP contribution in [0.5, 0.6) is 0 Å². The molecule has 2 nitrogen and oxygen atoms in total. The average Bonchev–Trinajstić information content (AvgIpc) is 2.62. The minimum absolute atomic E-state index is 0.835. The van der Waals surface area contributed by atoms with Gasteiger partial charge in [-0.15, -0.1) is 0 Å². The maximum atomic E-state index is 2.80. The van der Waals surface area contributed by atoms with Crippen LogP contribution in [-0.4, -0.2) is 42.0 Å². The van der Waals surface area contributed by atoms with Crippen LogP contribution in [0.2, 0.25) is 0 Å². The molecule has 1 heterocycles. The van der Waals surface area contributed by atoms with E-state index in [-0.39, 0.29) is 0 Å². The van der Waals surface area contributed by atoms with E-state index < -0.39 is 0 Å². The molecule has 0 amide bonds. The number of nitrogens with zero attached hydrogens (tertiary/aromatic N) is 2. The van der Waals surface area contributed by atoms with E-state index >= 15 is 0 Å². The third-order valence-electron chi connectivity index (χ3n) is 5.45. The van der Waals surface area contributed by atoms with Gasteiger partial charge in [-0.05, 0) is 18.4 Å². The highest BCUT2D eigenvalue weighted by Gasteiger charge is 2.23. The standard InChI is InChI=1S/C22H38N2/c1-3-5-8-14-22(15-9-6-4-2)24-18-16-23(17-19-24)20-21-12-10-7-11-13-21/h7,10-13,22H,3-6,8-9,14-20H2,1-2H3. The number of benzene rings is 1. The maximum Gasteiger partial charge on any atom is 0.0234 e. The summed E-state index contributed by atoms with van der Waals surface area (Å²) in [5.41, 5.74) is 1.45. The van der Waals surface area contributed by atoms with Gasteiger partial charge in [-0.1, -0.05) is 82.7 Å². The Labute approximate surface area is 150 Å². The summed E-state index contributed by atoms with van der Waals surface area (Å²) in [5, 5.41) is 0. The predicted octanol–water partition coefficient (Wildman–Crippen LogP) is 5.33. The van der Waals surface area contributed by atoms with Crippen LogP contribution in [0.1, 0.15) is 70.8 Å². The van der Waals surface area contributed by atoms with Crippen molar-refractivity contribution in [2.75, 3.05) is 26.2 Å². The first-order valence-electron chi connectivity index (χ1n) is 10.3. The highest BCUT2D eigenvalue weighted by atomic mass is 15.3. The zero-order chi connectivity index (χ0) is 17.0. The van der Waals surface area contributed by atoms with Crippen LogP contribution in [0.4, 0.5) is 0 Å². The zero-order valence-electron chi connectivity index (χ0n) is 16.1. The lowest BCUT2D eigenvalue weighted by atomic mass is 9.99. The van der Waals surface area contributed by atoms with E-state index in [0.29, 0.717) is 0 Å². The van der Waals surface area contributed by atoms with Gasteiger partial charge in [-0.2, -0.15) is 0 Å². The molecule has 0 saturated carbocycles. The van der Waals surface area contributed by atoms with E-state index in [2.05, 4.69) is 54.0 Å². The monoisotopic (exact) mass is 330 g/mol. The fraction of sp³-hybridized carbons (Fsp3) is 0.727. The molecule has 1 aromatic carbocycles. The van der Waals surface area contributed by atoms with Crippen molar-refractivity contribution < 1.29 is 0 Å². The number of rotatable bonds is 11. The molecule has 0 aromatic heterocycles. The topological polar surface area (TPSA) is 6.48 Å². The SMILES string of the molecule is CCCCCC(CCCCC)N1CCN(Cc2ccccc2)CC1. The van der Waals surface area contributed by atoms with Crippen LogP contribution in [-0.2, 0) is 6.54 Å². The second-order valence-corrected chi connectivity index (χ2v) is 7.44. The Morgan fingerprint density at radius 2 is 1.38 bits per heavy atom. The molecule has 1 aliphatic rings. The van der Waals surface area contributed by atoms with Crippen LogP contribution < -0.4 is 0 Å². The average molecular weight is 331 g/mol. The molecule has 1 saturated heterocycles. The summed E-state index contributed by atoms with van der Waals surface area (Å²) in [5.74, 6) is 0. The predicted molar refractivity (Wildman–Crippen MR) is 105 cm³/mol. The van der Waals surface area contributed by atoms with E-state index in [1.165, 1.54) is 83.1 Å². The van der Waals surface area contributed by atoms with Gasteiger partial charge >= 0.3 is 0 Å². The van der Waals surface area contributed by atoms with Crippen molar-refractivity contribution in [2.24, 2.45) is 0 Å². The van der Waals surface area contributed by atoms with Crippen molar-refractivity contribution in [3.63, 3.8) is 0 Å². The molecule has 0 spiro atoms. The van der Waals surface area contributed by atoms with Gasteiger partial charge in [0.2, 0.25) is 0 Å². The van der Waals surface area contributed by atoms with Crippen LogP contribution in [0.3, 0.4) is 0 Å². The van der Waals surface area contributed by atoms with E-state index in [1.54, 1.807) is 0 Å². The number of hydrogen-bond donors (Lipinski definition) is 0. The third-order valence-corrected chi connectivity index (χ3v) is 5.45. The highest BCUT2D eigenvalue weighted by molar-refractivity contribution is 5.14. The van der Waals surface area contributed by atoms with E-state index in [4.69, 9.17) is 0 Å². The Kier molecular flexibility index (Phi) is 9.45. The van der Waals surface area contributed by atoms with Gasteiger partial charge in [0.05, 0.1) is 0 Å². The fourth-order valence-electron chi connectivity index (χ4n) is 3.90. The van der Waals surface area contributed by atoms with Gasteiger partial charge < -0.3 is 0 Å². The molecule has 136 valence electrons. The minimum Gasteiger partial charge on any atom is -0.298 e. The van der Waals surface area contributed by atoms with Crippen LogP contribution in [0, 0.1) is 0 Å². The Balaban J connectivity index is 1.77. The minimum atomic E-state index is 0.835. The van der Waals surface area contributed by atoms with Crippen LogP contribution in [0.15, 0.2) is 30.3 Å². The lowest BCUT2D eigenvalue weighted by Crippen LogP contribution is -2.50. The molecule has 1 aromatic rings. The lowest BCUT2D eigenvalue weighted by molar-refractivity contribution is 0.0819. The summed E-state index contributed by atoms with van der Waals surface area (Å²) in [4.78, 5) is 5.42. The lowest BCUT2D eigenvalue weighted by Gasteiger charge is -2.39. The second kappa shape index (κ2) is 11.7. The molecule has 24 heavy (non-hydrogen) atoms. The summed E-state index contributed by atoms with van der Waals surface area (Å²) in [7, 11) is 0. The number of piperazine rings is 1. The molecule has 0 radical (unpaired) electrons. The smallest absolute Gasteiger partial charge is 0.0234 e. The van der Waals surface area contributed by atoms with Crippen molar-refractivity contribution in [1.82, 2.24) is 9.80 Å². The fourth-order valence-corrected chi connectivity index (χ4v) is 3.90. The number of hydrogen-bond acceptors (Lipinski definition) is 2. The first kappa shape index (κ1) is 19.5. The van der Waals surface area contributed by atoms with E-state index in [0.717, 1.165) is 12.6 Å². The van der Waals surface area contributed by atoms with E-state index in [9.17, 15) is 0 Å². The molecule has 2 rings (SSSR count). The van der Waals surface area contributed by atoms with Gasteiger partial charge in [0.15, 0.2) is 0 Å². The quantitative estimate of drug-likeness (QED) is 0.506. The molecule has 1 aliphatic heterocycles. The third kappa shape index (κ3) is 6.94. The largest absolute Gasteiger partial charge is 0.298 e. The summed E-state index contributed by atoms with van der Waals surface area (Å²) in [6.45, 7) is 10.7. The molecule has 1 fully saturated rings. The maximum absolute atomic E-state index is 2.80. The Bertz CT molecular complexity index is 399.